The maximum absolute atomic E-state index is 14.2. The second kappa shape index (κ2) is 8.45. The van der Waals surface area contributed by atoms with E-state index < -0.39 is 5.91 Å². The first kappa shape index (κ1) is 16.4. The molecule has 0 bridgehead atoms. The van der Waals surface area contributed by atoms with Crippen molar-refractivity contribution < 1.29 is 9.18 Å². The molecule has 0 aromatic carbocycles. The van der Waals surface area contributed by atoms with E-state index in [9.17, 15) is 9.18 Å². The molecule has 3 heteroatoms. The maximum atomic E-state index is 14.2. The van der Waals surface area contributed by atoms with E-state index in [-0.39, 0.29) is 17.0 Å². The van der Waals surface area contributed by atoms with Crippen molar-refractivity contribution in [1.82, 2.24) is 0 Å². The lowest BCUT2D eigenvalue weighted by Gasteiger charge is -2.09. The summed E-state index contributed by atoms with van der Waals surface area (Å²) in [6, 6.07) is 0. The molecule has 0 unspecified atom stereocenters. The van der Waals surface area contributed by atoms with Crippen molar-refractivity contribution in [2.75, 3.05) is 0 Å². The third-order valence-corrected chi connectivity index (χ3v) is 2.56. The lowest BCUT2D eigenvalue weighted by atomic mass is 9.99. The second-order valence-corrected chi connectivity index (χ2v) is 3.94. The van der Waals surface area contributed by atoms with Gasteiger partial charge in [-0.15, -0.1) is 0 Å². The molecule has 0 saturated carbocycles. The Hall–Kier alpha value is -1.64. The average Bonchev–Trinajstić information content (AvgIpc) is 2.36. The second-order valence-electron chi connectivity index (χ2n) is 3.94. The summed E-state index contributed by atoms with van der Waals surface area (Å²) in [5, 5.41) is 0. The molecule has 0 aliphatic rings. The van der Waals surface area contributed by atoms with Gasteiger partial charge in [-0.05, 0) is 32.3 Å². The van der Waals surface area contributed by atoms with Crippen LogP contribution in [0.25, 0.3) is 0 Å². The summed E-state index contributed by atoms with van der Waals surface area (Å²) in [6.45, 7) is 7.29. The fraction of sp³-hybridized carbons (Fsp3) is 0.400. The molecule has 0 aliphatic carbocycles. The average molecular weight is 251 g/mol. The van der Waals surface area contributed by atoms with Crippen LogP contribution in [0.4, 0.5) is 4.39 Å². The van der Waals surface area contributed by atoms with Gasteiger partial charge in [0, 0.05) is 11.1 Å². The van der Waals surface area contributed by atoms with Crippen LogP contribution in [0.15, 0.2) is 46.9 Å². The first-order valence-electron chi connectivity index (χ1n) is 6.18. The third kappa shape index (κ3) is 4.70. The zero-order valence-electron chi connectivity index (χ0n) is 11.6. The summed E-state index contributed by atoms with van der Waals surface area (Å²) in [5.74, 6) is -0.972. The lowest BCUT2D eigenvalue weighted by molar-refractivity contribution is -0.114. The number of nitrogens with two attached hydrogens (primary N) is 1. The maximum Gasteiger partial charge on any atom is 0.249 e. The number of hydrogen-bond acceptors (Lipinski definition) is 1. The van der Waals surface area contributed by atoms with Crippen LogP contribution in [0.3, 0.4) is 0 Å². The topological polar surface area (TPSA) is 43.1 Å². The monoisotopic (exact) mass is 251 g/mol. The molecule has 0 saturated heterocycles. The summed E-state index contributed by atoms with van der Waals surface area (Å²) < 4.78 is 14.2. The molecule has 18 heavy (non-hydrogen) atoms. The molecule has 100 valence electrons. The molecule has 0 atom stereocenters. The summed E-state index contributed by atoms with van der Waals surface area (Å²) in [5.41, 5.74) is 6.42. The van der Waals surface area contributed by atoms with Gasteiger partial charge in [0.05, 0.1) is 0 Å². The van der Waals surface area contributed by atoms with E-state index in [1.165, 1.54) is 0 Å². The molecular formula is C15H22FNO. The molecule has 0 heterocycles. The van der Waals surface area contributed by atoms with Crippen LogP contribution in [0, 0.1) is 0 Å². The van der Waals surface area contributed by atoms with Gasteiger partial charge in [0.15, 0.2) is 0 Å². The van der Waals surface area contributed by atoms with E-state index in [4.69, 9.17) is 5.73 Å². The number of halogens is 1. The summed E-state index contributed by atoms with van der Waals surface area (Å²) in [6.07, 6.45) is 7.94. The van der Waals surface area contributed by atoms with Crippen LogP contribution in [-0.4, -0.2) is 5.91 Å². The standard InChI is InChI=1S/C15H22FNO/c1-5-8-10-12(14(16)11(4)7-3)13(9-6-2)15(17)18/h5,8-10H,6-7H2,1-4H3,(H2,17,18)/b8-5-,12-10-,13-9+,14-11-. The predicted octanol–water partition coefficient (Wildman–Crippen LogP) is 3.96. The number of primary amides is 1. The van der Waals surface area contributed by atoms with E-state index in [1.807, 2.05) is 20.8 Å². The fourth-order valence-electron chi connectivity index (χ4n) is 1.41. The Bertz CT molecular complexity index is 414. The summed E-state index contributed by atoms with van der Waals surface area (Å²) in [4.78, 5) is 11.4. The van der Waals surface area contributed by atoms with E-state index >= 15 is 0 Å². The van der Waals surface area contributed by atoms with Crippen molar-refractivity contribution in [3.63, 3.8) is 0 Å². The van der Waals surface area contributed by atoms with Crippen LogP contribution < -0.4 is 5.73 Å². The molecule has 0 spiro atoms. The van der Waals surface area contributed by atoms with E-state index in [0.29, 0.717) is 18.4 Å². The van der Waals surface area contributed by atoms with Gasteiger partial charge in [-0.3, -0.25) is 4.79 Å². The molecule has 0 rings (SSSR count). The zero-order valence-corrected chi connectivity index (χ0v) is 11.6. The number of carbonyl (C=O) groups is 1. The van der Waals surface area contributed by atoms with Gasteiger partial charge in [-0.25, -0.2) is 4.39 Å². The smallest absolute Gasteiger partial charge is 0.249 e. The number of carbonyl (C=O) groups excluding carboxylic acids is 1. The van der Waals surface area contributed by atoms with Gasteiger partial charge in [0.1, 0.15) is 5.83 Å². The summed E-state index contributed by atoms with van der Waals surface area (Å²) >= 11 is 0. The Balaban J connectivity index is 5.79. The quantitative estimate of drug-likeness (QED) is 0.563. The Kier molecular flexibility index (Phi) is 7.68. The highest BCUT2D eigenvalue weighted by molar-refractivity contribution is 5.97. The highest BCUT2D eigenvalue weighted by Gasteiger charge is 2.16. The van der Waals surface area contributed by atoms with Crippen molar-refractivity contribution in [3.8, 4) is 0 Å². The molecule has 0 aromatic rings. The van der Waals surface area contributed by atoms with Crippen LogP contribution in [-0.2, 0) is 4.79 Å². The van der Waals surface area contributed by atoms with Crippen molar-refractivity contribution in [2.45, 2.75) is 40.5 Å². The minimum atomic E-state index is -0.605. The lowest BCUT2D eigenvalue weighted by Crippen LogP contribution is -2.16. The third-order valence-electron chi connectivity index (χ3n) is 2.56. The first-order chi connectivity index (χ1) is 8.49. The Morgan fingerprint density at radius 1 is 1.28 bits per heavy atom. The van der Waals surface area contributed by atoms with Crippen molar-refractivity contribution >= 4 is 5.91 Å². The molecular weight excluding hydrogens is 229 g/mol. The molecule has 0 aromatic heterocycles. The van der Waals surface area contributed by atoms with Gasteiger partial charge in [0.2, 0.25) is 5.91 Å². The molecule has 2 N–H and O–H groups in total. The minimum Gasteiger partial charge on any atom is -0.366 e. The molecule has 0 fully saturated rings. The van der Waals surface area contributed by atoms with Crippen LogP contribution >= 0.6 is 0 Å². The Labute approximate surface area is 109 Å². The number of allylic oxidation sites excluding steroid dienone is 6. The Morgan fingerprint density at radius 3 is 2.28 bits per heavy atom. The van der Waals surface area contributed by atoms with Gasteiger partial charge in [-0.1, -0.05) is 38.2 Å². The molecule has 2 nitrogen and oxygen atoms in total. The normalized spacial score (nSPS) is 14.9. The highest BCUT2D eigenvalue weighted by Crippen LogP contribution is 2.25. The fourth-order valence-corrected chi connectivity index (χ4v) is 1.41. The van der Waals surface area contributed by atoms with Gasteiger partial charge in [-0.2, -0.15) is 0 Å². The highest BCUT2D eigenvalue weighted by atomic mass is 19.1. The number of amides is 1. The van der Waals surface area contributed by atoms with Gasteiger partial charge >= 0.3 is 0 Å². The SMILES string of the molecule is C\C=C/C=C(C(\F)=C(/C)CC)/C(=C\CC)C(N)=O. The van der Waals surface area contributed by atoms with Gasteiger partial charge < -0.3 is 5.73 Å². The Morgan fingerprint density at radius 2 is 1.89 bits per heavy atom. The van der Waals surface area contributed by atoms with E-state index in [1.54, 1.807) is 31.2 Å². The van der Waals surface area contributed by atoms with Crippen LogP contribution in [0.1, 0.15) is 40.5 Å². The van der Waals surface area contributed by atoms with E-state index in [2.05, 4.69) is 0 Å². The molecule has 1 amide bonds. The number of rotatable bonds is 6. The van der Waals surface area contributed by atoms with Crippen molar-refractivity contribution in [3.05, 3.63) is 46.9 Å². The van der Waals surface area contributed by atoms with Gasteiger partial charge in [0.25, 0.3) is 0 Å². The van der Waals surface area contributed by atoms with Crippen LogP contribution in [0.2, 0.25) is 0 Å². The van der Waals surface area contributed by atoms with E-state index in [0.717, 1.165) is 0 Å². The predicted molar refractivity (Wildman–Crippen MR) is 74.6 cm³/mol. The largest absolute Gasteiger partial charge is 0.366 e. The van der Waals surface area contributed by atoms with Crippen molar-refractivity contribution in [1.29, 1.82) is 0 Å². The zero-order chi connectivity index (χ0) is 14.1. The van der Waals surface area contributed by atoms with Crippen LogP contribution in [0.5, 0.6) is 0 Å². The minimum absolute atomic E-state index is 0.237. The molecule has 0 radical (unpaired) electrons. The summed E-state index contributed by atoms with van der Waals surface area (Å²) in [7, 11) is 0. The van der Waals surface area contributed by atoms with Crippen molar-refractivity contribution in [2.24, 2.45) is 5.73 Å². The number of hydrogen-bond donors (Lipinski definition) is 1. The first-order valence-corrected chi connectivity index (χ1v) is 6.18. The molecule has 0 aliphatic heterocycles.